The molecule has 0 amide bonds. The summed E-state index contributed by atoms with van der Waals surface area (Å²) >= 11 is 0. The van der Waals surface area contributed by atoms with Crippen LogP contribution in [0.3, 0.4) is 0 Å². The molecule has 2 saturated carbocycles. The summed E-state index contributed by atoms with van der Waals surface area (Å²) in [5.74, 6) is 2.72. The second-order valence-electron chi connectivity index (χ2n) is 4.07. The monoisotopic (exact) mass is 336 g/mol. The molecule has 2 rings (SSSR count). The van der Waals surface area contributed by atoms with E-state index in [0.717, 1.165) is 26.1 Å². The summed E-state index contributed by atoms with van der Waals surface area (Å²) in [7, 11) is 3.45. The Bertz CT molecular complexity index is 156. The molecule has 0 aromatic carbocycles. The molecule has 0 bridgehead atoms. The second kappa shape index (κ2) is 13.8. The van der Waals surface area contributed by atoms with Crippen LogP contribution in [0.1, 0.15) is 12.8 Å². The van der Waals surface area contributed by atoms with Crippen LogP contribution in [0.2, 0.25) is 0 Å². The van der Waals surface area contributed by atoms with Gasteiger partial charge in [-0.25, -0.2) is 0 Å². The fraction of sp³-hybridized carbons (Fsp3) is 0.375. The second-order valence-corrected chi connectivity index (χ2v) is 4.07. The van der Waals surface area contributed by atoms with Crippen molar-refractivity contribution in [3.63, 3.8) is 0 Å². The van der Waals surface area contributed by atoms with Crippen LogP contribution in [0.15, 0.2) is 0 Å². The molecule has 0 N–H and O–H groups in total. The van der Waals surface area contributed by atoms with Crippen LogP contribution in [0.4, 0.5) is 0 Å². The van der Waals surface area contributed by atoms with E-state index in [1.165, 1.54) is 11.8 Å². The van der Waals surface area contributed by atoms with E-state index in [-0.39, 0.29) is 26.2 Å². The van der Waals surface area contributed by atoms with Crippen molar-refractivity contribution in [3.8, 4) is 0 Å². The van der Waals surface area contributed by atoms with Gasteiger partial charge in [0, 0.05) is 27.4 Å². The summed E-state index contributed by atoms with van der Waals surface area (Å²) in [5.41, 5.74) is 0. The SMILES string of the molecule is COCC[C]1[CH][CH][CH][CH]1.COCC[C]1[CH][CH][CH][CH]1.[Zr+2]. The minimum atomic E-state index is 0. The van der Waals surface area contributed by atoms with Gasteiger partial charge in [-0.3, -0.25) is 0 Å². The average molecular weight is 338 g/mol. The molecule has 2 aliphatic rings. The van der Waals surface area contributed by atoms with E-state index >= 15 is 0 Å². The number of methoxy groups -OCH3 is 2. The predicted molar refractivity (Wildman–Crippen MR) is 73.9 cm³/mol. The zero-order chi connectivity index (χ0) is 13.1. The van der Waals surface area contributed by atoms with Gasteiger partial charge in [0.15, 0.2) is 0 Å². The van der Waals surface area contributed by atoms with Crippen molar-refractivity contribution in [1.82, 2.24) is 0 Å². The molecular formula is C16H22O2Zr+2. The summed E-state index contributed by atoms with van der Waals surface area (Å²) in [4.78, 5) is 0. The minimum Gasteiger partial charge on any atom is -0.385 e. The summed E-state index contributed by atoms with van der Waals surface area (Å²) in [5, 5.41) is 0. The van der Waals surface area contributed by atoms with Gasteiger partial charge in [0.25, 0.3) is 0 Å². The van der Waals surface area contributed by atoms with Gasteiger partial charge < -0.3 is 9.47 Å². The van der Waals surface area contributed by atoms with E-state index in [1.54, 1.807) is 14.2 Å². The van der Waals surface area contributed by atoms with E-state index in [4.69, 9.17) is 9.47 Å². The van der Waals surface area contributed by atoms with E-state index in [9.17, 15) is 0 Å². The number of rotatable bonds is 6. The van der Waals surface area contributed by atoms with Crippen LogP contribution in [0, 0.1) is 63.2 Å². The molecule has 0 unspecified atom stereocenters. The van der Waals surface area contributed by atoms with Crippen LogP contribution in [-0.4, -0.2) is 27.4 Å². The molecule has 0 atom stereocenters. The Hall–Kier alpha value is 0.803. The Balaban J connectivity index is 0.000000324. The number of hydrogen-bond donors (Lipinski definition) is 0. The van der Waals surface area contributed by atoms with Gasteiger partial charge in [0.05, 0.1) is 0 Å². The molecule has 19 heavy (non-hydrogen) atoms. The van der Waals surface area contributed by atoms with Crippen molar-refractivity contribution in [1.29, 1.82) is 0 Å². The van der Waals surface area contributed by atoms with Crippen LogP contribution in [-0.2, 0) is 35.7 Å². The molecule has 2 aliphatic carbocycles. The van der Waals surface area contributed by atoms with Gasteiger partial charge in [0.2, 0.25) is 0 Å². The van der Waals surface area contributed by atoms with Crippen molar-refractivity contribution in [2.45, 2.75) is 12.8 Å². The molecule has 10 radical (unpaired) electrons. The molecule has 100 valence electrons. The Kier molecular flexibility index (Phi) is 14.4. The van der Waals surface area contributed by atoms with Gasteiger partial charge in [-0.05, 0) is 76.0 Å². The van der Waals surface area contributed by atoms with Crippen molar-refractivity contribution in [2.75, 3.05) is 27.4 Å². The van der Waals surface area contributed by atoms with Gasteiger partial charge >= 0.3 is 26.2 Å². The number of ether oxygens (including phenoxy) is 2. The molecule has 0 aromatic heterocycles. The van der Waals surface area contributed by atoms with E-state index in [2.05, 4.69) is 25.7 Å². The first kappa shape index (κ1) is 19.8. The molecule has 0 spiro atoms. The molecule has 3 heteroatoms. The zero-order valence-electron chi connectivity index (χ0n) is 11.8. The summed E-state index contributed by atoms with van der Waals surface area (Å²) in [6.07, 6.45) is 18.7. The Morgan fingerprint density at radius 3 is 1.26 bits per heavy atom. The normalized spacial score (nSPS) is 19.9. The first-order valence-electron chi connectivity index (χ1n) is 6.26. The Morgan fingerprint density at radius 1 is 0.684 bits per heavy atom. The van der Waals surface area contributed by atoms with E-state index in [1.807, 2.05) is 25.7 Å². The maximum Gasteiger partial charge on any atom is 2.00 e. The topological polar surface area (TPSA) is 18.5 Å². The minimum absolute atomic E-state index is 0. The maximum absolute atomic E-state index is 4.92. The first-order chi connectivity index (χ1) is 8.86. The van der Waals surface area contributed by atoms with Crippen LogP contribution >= 0.6 is 0 Å². The smallest absolute Gasteiger partial charge is 0.385 e. The van der Waals surface area contributed by atoms with Crippen molar-refractivity contribution >= 4 is 0 Å². The van der Waals surface area contributed by atoms with Crippen molar-refractivity contribution in [3.05, 3.63) is 63.2 Å². The molecule has 0 aromatic rings. The molecule has 0 aliphatic heterocycles. The fourth-order valence-electron chi connectivity index (χ4n) is 1.60. The van der Waals surface area contributed by atoms with Crippen molar-refractivity contribution in [2.24, 2.45) is 0 Å². The fourth-order valence-corrected chi connectivity index (χ4v) is 1.60. The quantitative estimate of drug-likeness (QED) is 0.742. The van der Waals surface area contributed by atoms with Crippen LogP contribution < -0.4 is 0 Å². The first-order valence-corrected chi connectivity index (χ1v) is 6.26. The summed E-state index contributed by atoms with van der Waals surface area (Å²) < 4.78 is 9.83. The van der Waals surface area contributed by atoms with Gasteiger partial charge in [0.1, 0.15) is 0 Å². The third-order valence-electron chi connectivity index (χ3n) is 2.65. The van der Waals surface area contributed by atoms with Gasteiger partial charge in [-0.15, -0.1) is 0 Å². The van der Waals surface area contributed by atoms with E-state index in [0.29, 0.717) is 0 Å². The molecule has 2 fully saturated rings. The average Bonchev–Trinajstić information content (AvgIpc) is 3.07. The third kappa shape index (κ3) is 10.2. The largest absolute Gasteiger partial charge is 2.00 e. The maximum atomic E-state index is 4.92. The standard InChI is InChI=1S/2C8H11O.Zr/c2*1-9-7-6-8-4-2-3-5-8;/h2*2-5H,6-7H2,1H3;/q;;+2. The third-order valence-corrected chi connectivity index (χ3v) is 2.65. The Labute approximate surface area is 139 Å². The van der Waals surface area contributed by atoms with E-state index < -0.39 is 0 Å². The number of hydrogen-bond acceptors (Lipinski definition) is 2. The predicted octanol–water partition coefficient (Wildman–Crippen LogP) is 2.85. The molecular weight excluding hydrogens is 315 g/mol. The molecule has 2 nitrogen and oxygen atoms in total. The molecule has 0 heterocycles. The van der Waals surface area contributed by atoms with Crippen LogP contribution in [0.5, 0.6) is 0 Å². The van der Waals surface area contributed by atoms with Gasteiger partial charge in [-0.1, -0.05) is 0 Å². The van der Waals surface area contributed by atoms with Crippen molar-refractivity contribution < 1.29 is 35.7 Å². The summed E-state index contributed by atoms with van der Waals surface area (Å²) in [6.45, 7) is 1.65. The Morgan fingerprint density at radius 2 is 1.00 bits per heavy atom. The van der Waals surface area contributed by atoms with Crippen LogP contribution in [0.25, 0.3) is 0 Å². The summed E-state index contributed by atoms with van der Waals surface area (Å²) in [6, 6.07) is 0. The van der Waals surface area contributed by atoms with Gasteiger partial charge in [-0.2, -0.15) is 0 Å². The molecule has 0 saturated heterocycles. The zero-order valence-corrected chi connectivity index (χ0v) is 14.2.